The SMILES string of the molecule is COc1ccc(C)cc1NC(=O)c1cc(C(=O)N2CCC(C)CC2)ccn1. The van der Waals surface area contributed by atoms with E-state index in [2.05, 4.69) is 17.2 Å². The summed E-state index contributed by atoms with van der Waals surface area (Å²) in [5.74, 6) is 0.799. The zero-order valence-electron chi connectivity index (χ0n) is 16.0. The summed E-state index contributed by atoms with van der Waals surface area (Å²) in [5.41, 5.74) is 2.27. The number of aryl methyl sites for hydroxylation is 1. The molecule has 0 atom stereocenters. The van der Waals surface area contributed by atoms with Gasteiger partial charge in [-0.3, -0.25) is 14.6 Å². The lowest BCUT2D eigenvalue weighted by molar-refractivity contribution is 0.0697. The third-order valence-corrected chi connectivity index (χ3v) is 4.91. The van der Waals surface area contributed by atoms with Gasteiger partial charge in [-0.15, -0.1) is 0 Å². The number of carbonyl (C=O) groups is 2. The number of pyridine rings is 1. The molecule has 6 nitrogen and oxygen atoms in total. The number of ether oxygens (including phenoxy) is 1. The summed E-state index contributed by atoms with van der Waals surface area (Å²) in [6, 6.07) is 8.75. The van der Waals surface area contributed by atoms with Gasteiger partial charge in [-0.25, -0.2) is 0 Å². The van der Waals surface area contributed by atoms with E-state index in [1.165, 1.54) is 6.20 Å². The zero-order chi connectivity index (χ0) is 19.4. The Morgan fingerprint density at radius 1 is 1.19 bits per heavy atom. The first-order chi connectivity index (χ1) is 13.0. The molecular weight excluding hydrogens is 342 g/mol. The van der Waals surface area contributed by atoms with Crippen molar-refractivity contribution in [3.63, 3.8) is 0 Å². The molecule has 2 aromatic rings. The van der Waals surface area contributed by atoms with E-state index in [-0.39, 0.29) is 17.5 Å². The van der Waals surface area contributed by atoms with E-state index in [1.807, 2.05) is 24.0 Å². The molecule has 1 fully saturated rings. The molecule has 1 saturated heterocycles. The summed E-state index contributed by atoms with van der Waals surface area (Å²) in [4.78, 5) is 31.3. The Hall–Kier alpha value is -2.89. The number of likely N-dealkylation sites (tertiary alicyclic amines) is 1. The summed E-state index contributed by atoms with van der Waals surface area (Å²) in [6.07, 6.45) is 3.52. The molecule has 0 radical (unpaired) electrons. The van der Waals surface area contributed by atoms with E-state index < -0.39 is 0 Å². The third kappa shape index (κ3) is 4.45. The molecule has 1 aliphatic heterocycles. The predicted octanol–water partition coefficient (Wildman–Crippen LogP) is 3.52. The van der Waals surface area contributed by atoms with Gasteiger partial charge >= 0.3 is 0 Å². The van der Waals surface area contributed by atoms with Gasteiger partial charge in [0, 0.05) is 24.8 Å². The molecule has 2 heterocycles. The Bertz CT molecular complexity index is 842. The number of anilines is 1. The fourth-order valence-electron chi connectivity index (χ4n) is 3.19. The van der Waals surface area contributed by atoms with E-state index in [0.717, 1.165) is 31.5 Å². The van der Waals surface area contributed by atoms with Crippen LogP contribution < -0.4 is 10.1 Å². The van der Waals surface area contributed by atoms with Crippen LogP contribution in [0.15, 0.2) is 36.5 Å². The van der Waals surface area contributed by atoms with Gasteiger partial charge in [0.1, 0.15) is 11.4 Å². The molecule has 1 aromatic heterocycles. The highest BCUT2D eigenvalue weighted by molar-refractivity contribution is 6.05. The van der Waals surface area contributed by atoms with Crippen molar-refractivity contribution in [3.8, 4) is 5.75 Å². The van der Waals surface area contributed by atoms with Crippen molar-refractivity contribution in [3.05, 3.63) is 53.3 Å². The number of hydrogen-bond donors (Lipinski definition) is 1. The highest BCUT2D eigenvalue weighted by Gasteiger charge is 2.22. The van der Waals surface area contributed by atoms with Gasteiger partial charge in [0.2, 0.25) is 0 Å². The molecule has 1 aromatic carbocycles. The van der Waals surface area contributed by atoms with Crippen molar-refractivity contribution in [1.29, 1.82) is 0 Å². The molecule has 3 rings (SSSR count). The Kier molecular flexibility index (Phi) is 5.74. The van der Waals surface area contributed by atoms with Gasteiger partial charge in [-0.05, 0) is 55.5 Å². The second-order valence-corrected chi connectivity index (χ2v) is 7.06. The maximum Gasteiger partial charge on any atom is 0.274 e. The molecule has 1 aliphatic rings. The minimum atomic E-state index is -0.374. The van der Waals surface area contributed by atoms with Gasteiger partial charge < -0.3 is 15.0 Å². The largest absolute Gasteiger partial charge is 0.495 e. The quantitative estimate of drug-likeness (QED) is 0.897. The van der Waals surface area contributed by atoms with Crippen LogP contribution in [0.4, 0.5) is 5.69 Å². The maximum absolute atomic E-state index is 12.7. The van der Waals surface area contributed by atoms with Gasteiger partial charge in [-0.1, -0.05) is 13.0 Å². The minimum absolute atomic E-state index is 0.0495. The molecule has 27 heavy (non-hydrogen) atoms. The topological polar surface area (TPSA) is 71.5 Å². The number of benzene rings is 1. The van der Waals surface area contributed by atoms with Gasteiger partial charge in [0.25, 0.3) is 11.8 Å². The number of amides is 2. The number of carbonyl (C=O) groups excluding carboxylic acids is 2. The first-order valence-corrected chi connectivity index (χ1v) is 9.19. The number of rotatable bonds is 4. The molecule has 2 amide bonds. The molecule has 0 bridgehead atoms. The number of methoxy groups -OCH3 is 1. The second kappa shape index (κ2) is 8.20. The van der Waals surface area contributed by atoms with Crippen LogP contribution in [-0.4, -0.2) is 41.9 Å². The second-order valence-electron chi connectivity index (χ2n) is 7.06. The number of aromatic nitrogens is 1. The maximum atomic E-state index is 12.7. The number of nitrogens with one attached hydrogen (secondary N) is 1. The van der Waals surface area contributed by atoms with E-state index in [0.29, 0.717) is 22.9 Å². The van der Waals surface area contributed by atoms with Crippen LogP contribution in [0.3, 0.4) is 0 Å². The summed E-state index contributed by atoms with van der Waals surface area (Å²) in [7, 11) is 1.55. The fraction of sp³-hybridized carbons (Fsp3) is 0.381. The van der Waals surface area contributed by atoms with Gasteiger partial charge in [0.15, 0.2) is 0 Å². The molecule has 0 aliphatic carbocycles. The monoisotopic (exact) mass is 367 g/mol. The van der Waals surface area contributed by atoms with E-state index in [9.17, 15) is 9.59 Å². The lowest BCUT2D eigenvalue weighted by Gasteiger charge is -2.30. The molecule has 0 unspecified atom stereocenters. The first kappa shape index (κ1) is 18.9. The lowest BCUT2D eigenvalue weighted by Crippen LogP contribution is -2.38. The van der Waals surface area contributed by atoms with E-state index >= 15 is 0 Å². The highest BCUT2D eigenvalue weighted by Crippen LogP contribution is 2.25. The minimum Gasteiger partial charge on any atom is -0.495 e. The van der Waals surface area contributed by atoms with Gasteiger partial charge in [0.05, 0.1) is 12.8 Å². The zero-order valence-corrected chi connectivity index (χ0v) is 16.0. The van der Waals surface area contributed by atoms with Crippen LogP contribution in [0.2, 0.25) is 0 Å². The molecule has 6 heteroatoms. The van der Waals surface area contributed by atoms with Crippen molar-refractivity contribution in [2.75, 3.05) is 25.5 Å². The highest BCUT2D eigenvalue weighted by atomic mass is 16.5. The summed E-state index contributed by atoms with van der Waals surface area (Å²) in [6.45, 7) is 5.65. The molecule has 0 spiro atoms. The predicted molar refractivity (Wildman–Crippen MR) is 104 cm³/mol. The standard InChI is InChI=1S/C21H25N3O3/c1-14-7-10-24(11-8-14)21(26)16-6-9-22-18(13-16)20(25)23-17-12-15(2)4-5-19(17)27-3/h4-6,9,12-14H,7-8,10-11H2,1-3H3,(H,23,25). The average Bonchev–Trinajstić information content (AvgIpc) is 2.68. The van der Waals surface area contributed by atoms with E-state index in [1.54, 1.807) is 25.3 Å². The number of nitrogens with zero attached hydrogens (tertiary/aromatic N) is 2. The van der Waals surface area contributed by atoms with Crippen LogP contribution >= 0.6 is 0 Å². The van der Waals surface area contributed by atoms with Crippen LogP contribution in [0.5, 0.6) is 5.75 Å². The molecule has 142 valence electrons. The number of hydrogen-bond acceptors (Lipinski definition) is 4. The van der Waals surface area contributed by atoms with E-state index in [4.69, 9.17) is 4.74 Å². The average molecular weight is 367 g/mol. The summed E-state index contributed by atoms with van der Waals surface area (Å²) in [5, 5.41) is 2.82. The smallest absolute Gasteiger partial charge is 0.274 e. The van der Waals surface area contributed by atoms with Crippen LogP contribution in [0, 0.1) is 12.8 Å². The summed E-state index contributed by atoms with van der Waals surface area (Å²) >= 11 is 0. The van der Waals surface area contributed by atoms with Crippen molar-refractivity contribution in [1.82, 2.24) is 9.88 Å². The van der Waals surface area contributed by atoms with Crippen LogP contribution in [-0.2, 0) is 0 Å². The van der Waals surface area contributed by atoms with Crippen molar-refractivity contribution in [2.45, 2.75) is 26.7 Å². The first-order valence-electron chi connectivity index (χ1n) is 9.19. The van der Waals surface area contributed by atoms with Crippen LogP contribution in [0.25, 0.3) is 0 Å². The lowest BCUT2D eigenvalue weighted by atomic mass is 9.98. The normalized spacial score (nSPS) is 14.7. The Morgan fingerprint density at radius 2 is 1.93 bits per heavy atom. The Labute approximate surface area is 159 Å². The third-order valence-electron chi connectivity index (χ3n) is 4.91. The van der Waals surface area contributed by atoms with Crippen LogP contribution in [0.1, 0.15) is 46.2 Å². The molecule has 0 saturated carbocycles. The molecular formula is C21H25N3O3. The van der Waals surface area contributed by atoms with Crippen molar-refractivity contribution in [2.24, 2.45) is 5.92 Å². The van der Waals surface area contributed by atoms with Crippen molar-refractivity contribution >= 4 is 17.5 Å². The number of piperidine rings is 1. The molecule has 1 N–H and O–H groups in total. The van der Waals surface area contributed by atoms with Gasteiger partial charge in [-0.2, -0.15) is 0 Å². The Morgan fingerprint density at radius 3 is 2.63 bits per heavy atom. The Balaban J connectivity index is 1.76. The fourth-order valence-corrected chi connectivity index (χ4v) is 3.19. The van der Waals surface area contributed by atoms with Crippen molar-refractivity contribution < 1.29 is 14.3 Å². The summed E-state index contributed by atoms with van der Waals surface area (Å²) < 4.78 is 5.29.